The molecule has 1 amide bonds. The Morgan fingerprint density at radius 2 is 2.27 bits per heavy atom. The fourth-order valence-corrected chi connectivity index (χ4v) is 4.70. The third kappa shape index (κ3) is 3.87. The lowest BCUT2D eigenvalue weighted by molar-refractivity contribution is -0.115. The van der Waals surface area contributed by atoms with E-state index < -0.39 is 0 Å². The van der Waals surface area contributed by atoms with Crippen molar-refractivity contribution >= 4 is 33.7 Å². The Morgan fingerprint density at radius 1 is 1.42 bits per heavy atom. The first kappa shape index (κ1) is 17.4. The largest absolute Gasteiger partial charge is 0.440 e. The molecular weight excluding hydrogens is 368 g/mol. The van der Waals surface area contributed by atoms with Gasteiger partial charge in [0.25, 0.3) is 0 Å². The fourth-order valence-electron chi connectivity index (χ4n) is 3.05. The molecule has 1 aliphatic rings. The number of oxazole rings is 1. The van der Waals surface area contributed by atoms with Crippen molar-refractivity contribution in [1.82, 2.24) is 15.3 Å². The van der Waals surface area contributed by atoms with Gasteiger partial charge in [0.05, 0.1) is 17.0 Å². The maximum atomic E-state index is 12.4. The zero-order chi connectivity index (χ0) is 17.9. The van der Waals surface area contributed by atoms with Gasteiger partial charge in [-0.3, -0.25) is 4.79 Å². The van der Waals surface area contributed by atoms with E-state index in [0.717, 1.165) is 30.8 Å². The number of carbonyl (C=O) groups excluding carboxylic acids is 1. The standard InChI is InChI=1S/C18H20N4O2S2/c1-11-13(21-17(24-11)14-3-2-8-25-14)9-16(23)22-18-20-10-15(26-18)12-4-6-19-7-5-12/h2-3,8,10,12,19H,4-7,9H2,1H3,(H,20,22,23). The molecule has 0 spiro atoms. The maximum absolute atomic E-state index is 12.4. The minimum absolute atomic E-state index is 0.120. The van der Waals surface area contributed by atoms with Crippen molar-refractivity contribution in [2.45, 2.75) is 32.1 Å². The van der Waals surface area contributed by atoms with E-state index in [-0.39, 0.29) is 12.3 Å². The Bertz CT molecular complexity index is 879. The molecule has 3 aromatic rings. The van der Waals surface area contributed by atoms with Crippen molar-refractivity contribution in [1.29, 1.82) is 0 Å². The van der Waals surface area contributed by atoms with E-state index in [1.54, 1.807) is 22.7 Å². The number of hydrogen-bond donors (Lipinski definition) is 2. The number of nitrogens with zero attached hydrogens (tertiary/aromatic N) is 2. The molecule has 1 aliphatic heterocycles. The summed E-state index contributed by atoms with van der Waals surface area (Å²) >= 11 is 3.14. The van der Waals surface area contributed by atoms with E-state index in [0.29, 0.717) is 28.4 Å². The van der Waals surface area contributed by atoms with E-state index in [4.69, 9.17) is 4.42 Å². The molecule has 0 aromatic carbocycles. The normalized spacial score (nSPS) is 15.3. The highest BCUT2D eigenvalue weighted by Crippen LogP contribution is 2.32. The molecule has 3 aromatic heterocycles. The first-order valence-corrected chi connectivity index (χ1v) is 10.3. The van der Waals surface area contributed by atoms with Crippen LogP contribution < -0.4 is 10.6 Å². The zero-order valence-electron chi connectivity index (χ0n) is 14.4. The molecule has 0 radical (unpaired) electrons. The molecule has 26 heavy (non-hydrogen) atoms. The van der Waals surface area contributed by atoms with Crippen LogP contribution >= 0.6 is 22.7 Å². The molecule has 0 atom stereocenters. The Hall–Kier alpha value is -2.03. The van der Waals surface area contributed by atoms with Crippen LogP contribution in [0.3, 0.4) is 0 Å². The first-order valence-electron chi connectivity index (χ1n) is 8.65. The molecule has 4 heterocycles. The summed E-state index contributed by atoms with van der Waals surface area (Å²) < 4.78 is 5.69. The second-order valence-corrected chi connectivity index (χ2v) is 8.33. The van der Waals surface area contributed by atoms with Gasteiger partial charge in [-0.05, 0) is 50.2 Å². The Kier molecular flexibility index (Phi) is 5.14. The smallest absolute Gasteiger partial charge is 0.236 e. The number of carbonyl (C=O) groups is 1. The van der Waals surface area contributed by atoms with Crippen molar-refractivity contribution in [3.8, 4) is 10.8 Å². The summed E-state index contributed by atoms with van der Waals surface area (Å²) in [5.74, 6) is 1.68. The van der Waals surface area contributed by atoms with Gasteiger partial charge in [-0.1, -0.05) is 6.07 Å². The predicted octanol–water partition coefficient (Wildman–Crippen LogP) is 3.82. The van der Waals surface area contributed by atoms with Crippen molar-refractivity contribution < 1.29 is 9.21 Å². The van der Waals surface area contributed by atoms with Gasteiger partial charge in [0.2, 0.25) is 11.8 Å². The topological polar surface area (TPSA) is 80.1 Å². The average Bonchev–Trinajstić information content (AvgIpc) is 3.38. The molecule has 1 fully saturated rings. The van der Waals surface area contributed by atoms with E-state index in [1.807, 2.05) is 30.6 Å². The Morgan fingerprint density at radius 3 is 3.04 bits per heavy atom. The van der Waals surface area contributed by atoms with E-state index in [9.17, 15) is 4.79 Å². The molecule has 6 nitrogen and oxygen atoms in total. The predicted molar refractivity (Wildman–Crippen MR) is 104 cm³/mol. The summed E-state index contributed by atoms with van der Waals surface area (Å²) in [4.78, 5) is 23.4. The van der Waals surface area contributed by atoms with Crippen LogP contribution in [-0.2, 0) is 11.2 Å². The van der Waals surface area contributed by atoms with Crippen LogP contribution in [0.1, 0.15) is 35.1 Å². The highest BCUT2D eigenvalue weighted by Gasteiger charge is 2.19. The van der Waals surface area contributed by atoms with Crippen LogP contribution in [0, 0.1) is 6.92 Å². The van der Waals surface area contributed by atoms with Crippen LogP contribution in [0.2, 0.25) is 0 Å². The second-order valence-electron chi connectivity index (χ2n) is 6.32. The van der Waals surface area contributed by atoms with Gasteiger partial charge in [0.15, 0.2) is 5.13 Å². The number of rotatable bonds is 5. The number of anilines is 1. The molecule has 136 valence electrons. The number of hydrogen-bond acceptors (Lipinski definition) is 7. The van der Waals surface area contributed by atoms with Gasteiger partial charge in [0, 0.05) is 11.1 Å². The van der Waals surface area contributed by atoms with E-state index in [1.165, 1.54) is 4.88 Å². The van der Waals surface area contributed by atoms with Crippen LogP contribution in [0.15, 0.2) is 28.1 Å². The lowest BCUT2D eigenvalue weighted by Gasteiger charge is -2.20. The Labute approximate surface area is 159 Å². The third-order valence-electron chi connectivity index (χ3n) is 4.46. The fraction of sp³-hybridized carbons (Fsp3) is 0.389. The van der Waals surface area contributed by atoms with Crippen LogP contribution in [-0.4, -0.2) is 29.0 Å². The number of thiazole rings is 1. The lowest BCUT2D eigenvalue weighted by Crippen LogP contribution is -2.26. The first-order chi connectivity index (χ1) is 12.7. The molecule has 2 N–H and O–H groups in total. The number of aromatic nitrogens is 2. The molecule has 0 unspecified atom stereocenters. The van der Waals surface area contributed by atoms with E-state index >= 15 is 0 Å². The zero-order valence-corrected chi connectivity index (χ0v) is 16.1. The number of nitrogens with one attached hydrogen (secondary N) is 2. The molecule has 1 saturated heterocycles. The summed E-state index contributed by atoms with van der Waals surface area (Å²) in [7, 11) is 0. The Balaban J connectivity index is 1.39. The van der Waals surface area contributed by atoms with Crippen molar-refractivity contribution in [2.24, 2.45) is 0 Å². The van der Waals surface area contributed by atoms with Gasteiger partial charge in [-0.25, -0.2) is 9.97 Å². The van der Waals surface area contributed by atoms with Crippen LogP contribution in [0.25, 0.3) is 10.8 Å². The summed E-state index contributed by atoms with van der Waals surface area (Å²) in [6.45, 7) is 3.93. The summed E-state index contributed by atoms with van der Waals surface area (Å²) in [6, 6.07) is 3.91. The SMILES string of the molecule is Cc1oc(-c2cccs2)nc1CC(=O)Nc1ncc(C2CCNCC2)s1. The molecule has 0 aliphatic carbocycles. The summed E-state index contributed by atoms with van der Waals surface area (Å²) in [5, 5.41) is 8.89. The van der Waals surface area contributed by atoms with Gasteiger partial charge in [0.1, 0.15) is 5.76 Å². The lowest BCUT2D eigenvalue weighted by atomic mass is 9.97. The monoisotopic (exact) mass is 388 g/mol. The minimum atomic E-state index is -0.120. The number of aryl methyl sites for hydroxylation is 1. The number of amides is 1. The average molecular weight is 389 g/mol. The second kappa shape index (κ2) is 7.69. The molecular formula is C18H20N4O2S2. The summed E-state index contributed by atoms with van der Waals surface area (Å²) in [5.41, 5.74) is 0.668. The van der Waals surface area contributed by atoms with Crippen LogP contribution in [0.5, 0.6) is 0 Å². The van der Waals surface area contributed by atoms with E-state index in [2.05, 4.69) is 20.6 Å². The third-order valence-corrected chi connectivity index (χ3v) is 6.40. The van der Waals surface area contributed by atoms with Crippen molar-refractivity contribution in [3.63, 3.8) is 0 Å². The number of thiophene rings is 1. The van der Waals surface area contributed by atoms with Gasteiger partial charge >= 0.3 is 0 Å². The van der Waals surface area contributed by atoms with Gasteiger partial charge in [-0.15, -0.1) is 22.7 Å². The molecule has 4 rings (SSSR count). The molecule has 0 saturated carbocycles. The maximum Gasteiger partial charge on any atom is 0.236 e. The van der Waals surface area contributed by atoms with Gasteiger partial charge in [-0.2, -0.15) is 0 Å². The number of piperidine rings is 1. The quantitative estimate of drug-likeness (QED) is 0.695. The molecule has 0 bridgehead atoms. The summed E-state index contributed by atoms with van der Waals surface area (Å²) in [6.07, 6.45) is 4.33. The van der Waals surface area contributed by atoms with Crippen molar-refractivity contribution in [3.05, 3.63) is 40.0 Å². The van der Waals surface area contributed by atoms with Gasteiger partial charge < -0.3 is 15.1 Å². The molecule has 8 heteroatoms. The highest BCUT2D eigenvalue weighted by molar-refractivity contribution is 7.15. The van der Waals surface area contributed by atoms with Crippen molar-refractivity contribution in [2.75, 3.05) is 18.4 Å². The highest BCUT2D eigenvalue weighted by atomic mass is 32.1. The minimum Gasteiger partial charge on any atom is -0.440 e. The van der Waals surface area contributed by atoms with Crippen LogP contribution in [0.4, 0.5) is 5.13 Å².